The topological polar surface area (TPSA) is 62.7 Å². The minimum atomic E-state index is -0.502. The van der Waals surface area contributed by atoms with E-state index in [4.69, 9.17) is 17.0 Å². The monoisotopic (exact) mass is 367 g/mol. The summed E-state index contributed by atoms with van der Waals surface area (Å²) >= 11 is 5.26. The Morgan fingerprint density at radius 3 is 2.58 bits per heavy atom. The molecule has 0 radical (unpaired) electrons. The normalized spacial score (nSPS) is 19.3. The summed E-state index contributed by atoms with van der Waals surface area (Å²) in [5, 5.41) is 6.56. The number of aryl methyl sites for hydroxylation is 1. The van der Waals surface area contributed by atoms with Crippen LogP contribution in [0.3, 0.4) is 0 Å². The number of nitrogens with zero attached hydrogens (tertiary/aromatic N) is 1. The van der Waals surface area contributed by atoms with Crippen molar-refractivity contribution in [1.82, 2.24) is 5.32 Å². The Morgan fingerprint density at radius 2 is 1.85 bits per heavy atom. The van der Waals surface area contributed by atoms with Crippen LogP contribution in [0.25, 0.3) is 0 Å². The Morgan fingerprint density at radius 1 is 1.15 bits per heavy atom. The Bertz CT molecular complexity index is 879. The van der Waals surface area contributed by atoms with Crippen LogP contribution in [0.1, 0.15) is 24.1 Å². The Hall–Kier alpha value is -2.73. The Labute approximate surface area is 158 Å². The Kier molecular flexibility index (Phi) is 5.32. The number of amides is 1. The third kappa shape index (κ3) is 3.60. The molecule has 0 fully saturated rings. The maximum absolute atomic E-state index is 13.1. The first-order valence-corrected chi connectivity index (χ1v) is 8.77. The molecule has 1 aliphatic rings. The molecule has 0 aliphatic carbocycles. The molecule has 2 unspecified atom stereocenters. The van der Waals surface area contributed by atoms with Crippen molar-refractivity contribution in [3.05, 3.63) is 59.7 Å². The van der Waals surface area contributed by atoms with Crippen LogP contribution in [0, 0.1) is 12.8 Å². The van der Waals surface area contributed by atoms with E-state index in [0.717, 1.165) is 16.8 Å². The number of hydrogen-bond donors (Lipinski definition) is 2. The molecule has 3 rings (SSSR count). The van der Waals surface area contributed by atoms with E-state index in [1.54, 1.807) is 7.11 Å². The molecule has 0 spiro atoms. The molecular weight excluding hydrogens is 346 g/mol. The van der Waals surface area contributed by atoms with Gasteiger partial charge in [0.25, 0.3) is 0 Å². The van der Waals surface area contributed by atoms with Gasteiger partial charge in [0.2, 0.25) is 5.91 Å². The number of carbonyl (C=O) groups excluding carboxylic acids is 1. The fraction of sp³-hybridized carbons (Fsp3) is 0.250. The largest absolute Gasteiger partial charge is 0.496 e. The fourth-order valence-electron chi connectivity index (χ4n) is 3.16. The van der Waals surface area contributed by atoms with Gasteiger partial charge in [0, 0.05) is 17.0 Å². The molecule has 2 aromatic rings. The number of thiocarbonyl (C=S) groups is 1. The highest BCUT2D eigenvalue weighted by atomic mass is 32.1. The van der Waals surface area contributed by atoms with Crippen molar-refractivity contribution in [2.24, 2.45) is 10.9 Å². The van der Waals surface area contributed by atoms with Crippen LogP contribution in [0.15, 0.2) is 53.5 Å². The van der Waals surface area contributed by atoms with E-state index in [9.17, 15) is 4.79 Å². The molecule has 1 heterocycles. The van der Waals surface area contributed by atoms with Gasteiger partial charge >= 0.3 is 0 Å². The quantitative estimate of drug-likeness (QED) is 0.810. The SMILES string of the molecule is COc1ccccc1C1NC(=S)N=C(C)C1C(=O)Nc1ccccc1C. The maximum Gasteiger partial charge on any atom is 0.235 e. The summed E-state index contributed by atoms with van der Waals surface area (Å²) in [4.78, 5) is 17.4. The number of anilines is 1. The molecular formula is C20H21N3O2S. The average Bonchev–Trinajstić information content (AvgIpc) is 2.62. The summed E-state index contributed by atoms with van der Waals surface area (Å²) in [6.07, 6.45) is 0. The van der Waals surface area contributed by atoms with Gasteiger partial charge in [-0.2, -0.15) is 0 Å². The lowest BCUT2D eigenvalue weighted by Crippen LogP contribution is -2.45. The lowest BCUT2D eigenvalue weighted by atomic mass is 9.87. The number of carbonyl (C=O) groups is 1. The van der Waals surface area contributed by atoms with Crippen LogP contribution in [-0.4, -0.2) is 23.8 Å². The van der Waals surface area contributed by atoms with Crippen molar-refractivity contribution >= 4 is 34.6 Å². The summed E-state index contributed by atoms with van der Waals surface area (Å²) < 4.78 is 5.48. The molecule has 134 valence electrons. The second-order valence-corrected chi connectivity index (χ2v) is 6.59. The van der Waals surface area contributed by atoms with Crippen LogP contribution in [0.5, 0.6) is 5.75 Å². The molecule has 0 aromatic heterocycles. The van der Waals surface area contributed by atoms with E-state index in [1.807, 2.05) is 62.4 Å². The summed E-state index contributed by atoms with van der Waals surface area (Å²) in [7, 11) is 1.61. The third-order valence-electron chi connectivity index (χ3n) is 4.50. The maximum atomic E-state index is 13.1. The molecule has 26 heavy (non-hydrogen) atoms. The summed E-state index contributed by atoms with van der Waals surface area (Å²) in [5.74, 6) is 0.0697. The van der Waals surface area contributed by atoms with Gasteiger partial charge in [0.1, 0.15) is 11.7 Å². The van der Waals surface area contributed by atoms with Crippen LogP contribution in [-0.2, 0) is 4.79 Å². The molecule has 6 heteroatoms. The van der Waals surface area contributed by atoms with E-state index in [-0.39, 0.29) is 11.9 Å². The minimum absolute atomic E-state index is 0.133. The number of aliphatic imine (C=N–C) groups is 1. The first-order valence-electron chi connectivity index (χ1n) is 8.36. The van der Waals surface area contributed by atoms with Crippen LogP contribution in [0.2, 0.25) is 0 Å². The van der Waals surface area contributed by atoms with Gasteiger partial charge < -0.3 is 15.4 Å². The van der Waals surface area contributed by atoms with Crippen molar-refractivity contribution in [3.8, 4) is 5.75 Å². The summed E-state index contributed by atoms with van der Waals surface area (Å²) in [5.41, 5.74) is 3.34. The molecule has 0 saturated carbocycles. The second-order valence-electron chi connectivity index (χ2n) is 6.20. The molecule has 2 aromatic carbocycles. The van der Waals surface area contributed by atoms with Crippen LogP contribution < -0.4 is 15.4 Å². The highest BCUT2D eigenvalue weighted by Crippen LogP contribution is 2.33. The smallest absolute Gasteiger partial charge is 0.235 e. The number of nitrogens with one attached hydrogen (secondary N) is 2. The van der Waals surface area contributed by atoms with Crippen LogP contribution in [0.4, 0.5) is 5.69 Å². The third-order valence-corrected chi connectivity index (χ3v) is 4.71. The van der Waals surface area contributed by atoms with Gasteiger partial charge in [-0.25, -0.2) is 4.99 Å². The van der Waals surface area contributed by atoms with Gasteiger partial charge in [-0.1, -0.05) is 36.4 Å². The number of rotatable bonds is 4. The fourth-order valence-corrected chi connectivity index (χ4v) is 3.44. The second kappa shape index (κ2) is 7.66. The molecule has 0 bridgehead atoms. The molecule has 1 aliphatic heterocycles. The van der Waals surface area contributed by atoms with Gasteiger partial charge in [-0.15, -0.1) is 0 Å². The van der Waals surface area contributed by atoms with Gasteiger partial charge in [-0.3, -0.25) is 4.79 Å². The first kappa shape index (κ1) is 18.1. The van der Waals surface area contributed by atoms with E-state index >= 15 is 0 Å². The van der Waals surface area contributed by atoms with Crippen LogP contribution >= 0.6 is 12.2 Å². The Balaban J connectivity index is 1.98. The number of methoxy groups -OCH3 is 1. The number of benzene rings is 2. The number of ether oxygens (including phenoxy) is 1. The minimum Gasteiger partial charge on any atom is -0.496 e. The average molecular weight is 367 g/mol. The molecule has 1 amide bonds. The van der Waals surface area contributed by atoms with E-state index < -0.39 is 5.92 Å². The van der Waals surface area contributed by atoms with Gasteiger partial charge in [0.05, 0.1) is 13.2 Å². The van der Waals surface area contributed by atoms with Crippen molar-refractivity contribution in [2.75, 3.05) is 12.4 Å². The predicted molar refractivity (Wildman–Crippen MR) is 108 cm³/mol. The van der Waals surface area contributed by atoms with Crippen molar-refractivity contribution in [2.45, 2.75) is 19.9 Å². The van der Waals surface area contributed by atoms with E-state index in [0.29, 0.717) is 16.6 Å². The summed E-state index contributed by atoms with van der Waals surface area (Å²) in [6.45, 7) is 3.79. The highest BCUT2D eigenvalue weighted by Gasteiger charge is 2.37. The van der Waals surface area contributed by atoms with Crippen molar-refractivity contribution in [3.63, 3.8) is 0 Å². The molecule has 2 atom stereocenters. The molecule has 5 nitrogen and oxygen atoms in total. The van der Waals surface area contributed by atoms with Crippen molar-refractivity contribution < 1.29 is 9.53 Å². The van der Waals surface area contributed by atoms with E-state index in [2.05, 4.69) is 15.6 Å². The van der Waals surface area contributed by atoms with E-state index in [1.165, 1.54) is 0 Å². The number of para-hydroxylation sites is 2. The highest BCUT2D eigenvalue weighted by molar-refractivity contribution is 7.80. The predicted octanol–water partition coefficient (Wildman–Crippen LogP) is 3.65. The standard InChI is InChI=1S/C20H21N3O2S/c1-12-8-4-6-10-15(12)22-19(24)17-13(2)21-20(26)23-18(17)14-9-5-7-11-16(14)25-3/h4-11,17-18H,1-3H3,(H,22,24)(H,23,26). The summed E-state index contributed by atoms with van der Waals surface area (Å²) in [6, 6.07) is 15.0. The zero-order chi connectivity index (χ0) is 18.7. The lowest BCUT2D eigenvalue weighted by molar-refractivity contribution is -0.118. The number of hydrogen-bond acceptors (Lipinski definition) is 3. The first-order chi connectivity index (χ1) is 12.5. The van der Waals surface area contributed by atoms with Gasteiger partial charge in [-0.05, 0) is 43.8 Å². The van der Waals surface area contributed by atoms with Crippen molar-refractivity contribution in [1.29, 1.82) is 0 Å². The zero-order valence-electron chi connectivity index (χ0n) is 14.9. The van der Waals surface area contributed by atoms with Gasteiger partial charge in [0.15, 0.2) is 5.11 Å². The molecule has 2 N–H and O–H groups in total. The zero-order valence-corrected chi connectivity index (χ0v) is 15.8. The molecule has 0 saturated heterocycles. The lowest BCUT2D eigenvalue weighted by Gasteiger charge is -2.32.